The maximum Gasteiger partial charge on any atom is 0.256 e. The molecule has 2 aliphatic carbocycles. The third kappa shape index (κ3) is 6.34. The van der Waals surface area contributed by atoms with Gasteiger partial charge in [-0.2, -0.15) is 9.19 Å². The van der Waals surface area contributed by atoms with Crippen LogP contribution >= 0.6 is 0 Å². The maximum atomic E-state index is 12.5. The van der Waals surface area contributed by atoms with Gasteiger partial charge < -0.3 is 15.7 Å². The summed E-state index contributed by atoms with van der Waals surface area (Å²) in [4.78, 5) is 21.9. The zero-order valence-electron chi connectivity index (χ0n) is 22.4. The van der Waals surface area contributed by atoms with Gasteiger partial charge in [-0.3, -0.25) is 4.98 Å². The quantitative estimate of drug-likeness (QED) is 0.280. The van der Waals surface area contributed by atoms with Crippen molar-refractivity contribution < 1.29 is 13.5 Å². The highest BCUT2D eigenvalue weighted by molar-refractivity contribution is 7.90. The fourth-order valence-corrected chi connectivity index (χ4v) is 6.10. The van der Waals surface area contributed by atoms with Crippen LogP contribution in [0.2, 0.25) is 0 Å². The number of aliphatic hydroxyl groups excluding tert-OH is 1. The van der Waals surface area contributed by atoms with E-state index in [0.29, 0.717) is 53.5 Å². The van der Waals surface area contributed by atoms with Crippen molar-refractivity contribution in [1.29, 1.82) is 0 Å². The minimum Gasteiger partial charge on any atom is -0.393 e. The molecule has 0 spiro atoms. The summed E-state index contributed by atoms with van der Waals surface area (Å²) in [5, 5.41) is 20.6. The number of hydrogen-bond acceptors (Lipinski definition) is 11. The third-order valence-electron chi connectivity index (χ3n) is 6.95. The van der Waals surface area contributed by atoms with Gasteiger partial charge >= 0.3 is 0 Å². The molecule has 2 saturated carbocycles. The monoisotopic (exact) mass is 571 g/mol. The van der Waals surface area contributed by atoms with Crippen LogP contribution in [0.4, 0.5) is 17.3 Å². The first kappa shape index (κ1) is 26.8. The van der Waals surface area contributed by atoms with Crippen molar-refractivity contribution in [2.45, 2.75) is 62.8 Å². The number of pyridine rings is 1. The molecule has 0 aromatic carbocycles. The Labute approximate surface area is 237 Å². The zero-order chi connectivity index (χ0) is 28.4. The second-order valence-corrected chi connectivity index (χ2v) is 12.4. The van der Waals surface area contributed by atoms with E-state index in [1.165, 1.54) is 12.4 Å². The number of anilines is 3. The summed E-state index contributed by atoms with van der Waals surface area (Å²) in [5.41, 5.74) is 3.32. The predicted molar refractivity (Wildman–Crippen MR) is 153 cm³/mol. The predicted octanol–water partition coefficient (Wildman–Crippen LogP) is 3.03. The van der Waals surface area contributed by atoms with Gasteiger partial charge in [-0.15, -0.1) is 0 Å². The molecule has 0 bridgehead atoms. The number of aromatic nitrogens is 7. The van der Waals surface area contributed by atoms with Crippen LogP contribution < -0.4 is 10.6 Å². The molecule has 0 unspecified atom stereocenters. The smallest absolute Gasteiger partial charge is 0.256 e. The maximum absolute atomic E-state index is 12.5. The molecule has 4 aromatic heterocycles. The molecule has 4 aromatic rings. The van der Waals surface area contributed by atoms with Gasteiger partial charge in [0.25, 0.3) is 10.0 Å². The Balaban J connectivity index is 1.25. The van der Waals surface area contributed by atoms with Gasteiger partial charge in [0, 0.05) is 30.7 Å². The topological polar surface area (TPSA) is 161 Å². The lowest BCUT2D eigenvalue weighted by molar-refractivity contribution is 0.124. The first-order chi connectivity index (χ1) is 19.8. The molecule has 2 aliphatic rings. The molecule has 0 saturated heterocycles. The average molecular weight is 572 g/mol. The lowest BCUT2D eigenvalue weighted by Gasteiger charge is -2.28. The molecule has 2 atom stereocenters. The van der Waals surface area contributed by atoms with Crippen LogP contribution in [0.3, 0.4) is 0 Å². The van der Waals surface area contributed by atoms with Crippen LogP contribution in [0.1, 0.15) is 55.5 Å². The van der Waals surface area contributed by atoms with E-state index in [9.17, 15) is 13.5 Å². The van der Waals surface area contributed by atoms with Crippen molar-refractivity contribution in [3.63, 3.8) is 0 Å². The van der Waals surface area contributed by atoms with Crippen LogP contribution in [-0.2, 0) is 10.0 Å². The normalized spacial score (nSPS) is 18.8. The second-order valence-electron chi connectivity index (χ2n) is 10.3. The molecule has 6 rings (SSSR count). The van der Waals surface area contributed by atoms with Crippen LogP contribution in [0.5, 0.6) is 0 Å². The first-order valence-electron chi connectivity index (χ1n) is 13.5. The van der Waals surface area contributed by atoms with Crippen LogP contribution in [-0.4, -0.2) is 65.0 Å². The van der Waals surface area contributed by atoms with Gasteiger partial charge in [0.15, 0.2) is 5.82 Å². The summed E-state index contributed by atoms with van der Waals surface area (Å²) in [6, 6.07) is 3.65. The number of hydrogen-bond donors (Lipinski definition) is 3. The average Bonchev–Trinajstić information content (AvgIpc) is 3.71. The van der Waals surface area contributed by atoms with E-state index in [2.05, 4.69) is 52.5 Å². The minimum absolute atomic E-state index is 0.0998. The molecule has 0 amide bonds. The molecule has 2 fully saturated rings. The Kier molecular flexibility index (Phi) is 7.34. The highest BCUT2D eigenvalue weighted by Gasteiger charge is 2.37. The Bertz CT molecular complexity index is 1720. The molecule has 3 N–H and O–H groups in total. The van der Waals surface area contributed by atoms with Crippen molar-refractivity contribution >= 4 is 27.3 Å². The molecular weight excluding hydrogens is 542 g/mol. The lowest BCUT2D eigenvalue weighted by Crippen LogP contribution is -2.30. The first-order valence-corrected chi connectivity index (χ1v) is 15.0. The molecule has 41 heavy (non-hydrogen) atoms. The van der Waals surface area contributed by atoms with E-state index in [-0.39, 0.29) is 17.4 Å². The molecular formula is C28H29N9O3S. The molecule has 4 heterocycles. The second kappa shape index (κ2) is 11.2. The van der Waals surface area contributed by atoms with E-state index in [1.807, 2.05) is 13.0 Å². The van der Waals surface area contributed by atoms with Gasteiger partial charge in [0.1, 0.15) is 17.3 Å². The van der Waals surface area contributed by atoms with Gasteiger partial charge in [0.2, 0.25) is 0 Å². The fourth-order valence-electron chi connectivity index (χ4n) is 4.62. The van der Waals surface area contributed by atoms with Gasteiger partial charge in [-0.05, 0) is 57.4 Å². The summed E-state index contributed by atoms with van der Waals surface area (Å²) in [5.74, 6) is 7.54. The number of nitrogens with one attached hydrogen (secondary N) is 2. The summed E-state index contributed by atoms with van der Waals surface area (Å²) < 4.78 is 26.0. The number of aryl methyl sites for hydroxylation is 1. The van der Waals surface area contributed by atoms with Gasteiger partial charge in [-0.25, -0.2) is 28.4 Å². The molecule has 0 aliphatic heterocycles. The summed E-state index contributed by atoms with van der Waals surface area (Å²) >= 11 is 0. The molecule has 0 radical (unpaired) electrons. The van der Waals surface area contributed by atoms with Crippen molar-refractivity contribution in [2.75, 3.05) is 10.6 Å². The van der Waals surface area contributed by atoms with Crippen molar-refractivity contribution in [3.05, 3.63) is 66.3 Å². The van der Waals surface area contributed by atoms with Crippen LogP contribution in [0.15, 0.2) is 49.3 Å². The summed E-state index contributed by atoms with van der Waals surface area (Å²) in [7, 11) is -3.48. The van der Waals surface area contributed by atoms with E-state index >= 15 is 0 Å². The Morgan fingerprint density at radius 1 is 1.00 bits per heavy atom. The van der Waals surface area contributed by atoms with Crippen LogP contribution in [0.25, 0.3) is 11.4 Å². The fraction of sp³-hybridized carbons (Fsp3) is 0.357. The van der Waals surface area contributed by atoms with Crippen molar-refractivity contribution in [2.24, 2.45) is 0 Å². The highest BCUT2D eigenvalue weighted by Crippen LogP contribution is 2.30. The van der Waals surface area contributed by atoms with Gasteiger partial charge in [0.05, 0.1) is 52.5 Å². The largest absolute Gasteiger partial charge is 0.393 e. The van der Waals surface area contributed by atoms with Crippen molar-refractivity contribution in [1.82, 2.24) is 34.1 Å². The number of nitrogens with zero attached hydrogens (tertiary/aromatic N) is 7. The molecule has 13 heteroatoms. The van der Waals surface area contributed by atoms with E-state index in [1.54, 1.807) is 30.9 Å². The SMILES string of the molecule is Cc1cnc(C#Cc2cnc(Nc3ccnc(-c4cnn(S(=O)(=O)C5CC5)c4)n3)cc2N[C@@H]2CCC[C@H](O)C2)cn1. The Morgan fingerprint density at radius 3 is 2.66 bits per heavy atom. The van der Waals surface area contributed by atoms with E-state index < -0.39 is 10.0 Å². The molecule has 210 valence electrons. The number of rotatable bonds is 7. The van der Waals surface area contributed by atoms with E-state index in [4.69, 9.17) is 0 Å². The minimum atomic E-state index is -3.48. The zero-order valence-corrected chi connectivity index (χ0v) is 23.2. The lowest BCUT2D eigenvalue weighted by atomic mass is 9.92. The Hall–Kier alpha value is -4.41. The summed E-state index contributed by atoms with van der Waals surface area (Å²) in [6.45, 7) is 1.87. The van der Waals surface area contributed by atoms with Gasteiger partial charge in [-0.1, -0.05) is 5.92 Å². The highest BCUT2D eigenvalue weighted by atomic mass is 32.2. The number of aliphatic hydroxyl groups is 1. The molecule has 12 nitrogen and oxygen atoms in total. The standard InChI is InChI=1S/C28H29N9O3S/c1-18-13-31-22(16-30-18)6-5-19-14-32-27(12-25(19)34-21-3-2-4-23(38)11-21)35-26-9-10-29-28(36-26)20-15-33-37(17-20)41(39,40)24-7-8-24/h9-10,12-17,21,23-24,38H,2-4,7-8,11H2,1H3,(H2,29,32,34,35,36)/t21-,23+/m1/s1. The van der Waals surface area contributed by atoms with Crippen LogP contribution in [0, 0.1) is 18.8 Å². The third-order valence-corrected chi connectivity index (χ3v) is 8.99. The summed E-state index contributed by atoms with van der Waals surface area (Å²) in [6.07, 6.45) is 13.8. The van der Waals surface area contributed by atoms with Crippen molar-refractivity contribution in [3.8, 4) is 23.2 Å². The van der Waals surface area contributed by atoms with E-state index in [0.717, 1.165) is 34.7 Å². The Morgan fingerprint density at radius 2 is 1.88 bits per heavy atom.